The van der Waals surface area contributed by atoms with Crippen LogP contribution >= 0.6 is 0 Å². The van der Waals surface area contributed by atoms with Crippen molar-refractivity contribution in [3.63, 3.8) is 0 Å². The van der Waals surface area contributed by atoms with Crippen molar-refractivity contribution in [3.8, 4) is 0 Å². The Hall–Kier alpha value is -4.77. The van der Waals surface area contributed by atoms with E-state index in [-0.39, 0.29) is 11.8 Å². The number of ether oxygens (including phenoxy) is 1. The third kappa shape index (κ3) is 7.37. The van der Waals surface area contributed by atoms with Gasteiger partial charge in [-0.25, -0.2) is 10.4 Å². The number of hydrogen-bond acceptors (Lipinski definition) is 8. The second-order valence-corrected chi connectivity index (χ2v) is 12.7. The second kappa shape index (κ2) is 13.7. The fourth-order valence-electron chi connectivity index (χ4n) is 5.68. The molecule has 242 valence electrons. The van der Waals surface area contributed by atoms with E-state index in [4.69, 9.17) is 9.72 Å². The summed E-state index contributed by atoms with van der Waals surface area (Å²) in [6, 6.07) is 17.6. The molecule has 11 heteroatoms. The Balaban J connectivity index is 1.55. The van der Waals surface area contributed by atoms with Crippen molar-refractivity contribution in [1.29, 1.82) is 0 Å². The molecule has 5 rings (SSSR count). The van der Waals surface area contributed by atoms with Gasteiger partial charge in [-0.15, -0.1) is 0 Å². The van der Waals surface area contributed by atoms with Crippen molar-refractivity contribution in [2.24, 2.45) is 11.3 Å². The van der Waals surface area contributed by atoms with Gasteiger partial charge in [-0.1, -0.05) is 68.5 Å². The number of amides is 3. The number of cyclic esters (lactones) is 1. The Morgan fingerprint density at radius 2 is 1.76 bits per heavy atom. The lowest BCUT2D eigenvalue weighted by molar-refractivity contribution is -0.166. The molecule has 4 atom stereocenters. The standard InChI is InChI=1S/C35H42N6O5/c1-22(2)30-32(43)36-23(3)33(44)41-19-9-12-27(38-41)31(42)39-40(5)29-16-15-26-14-13-24(20-28(26)37-29)17-18-35(4,34(45)46-30)21-25-10-7-6-8-11-25/h6-8,10-11,13-18,20,22-23,27,30,38H,9,12,19,21H2,1-5H3,(H,36,43)(H,39,42)/b18-17+/t23-,27-,30-,35+/m0/s1. The minimum absolute atomic E-state index is 0.314. The molecule has 0 unspecified atom stereocenters. The molecule has 0 radical (unpaired) electrons. The predicted octanol–water partition coefficient (Wildman–Crippen LogP) is 3.55. The number of hydrogen-bond donors (Lipinski definition) is 3. The summed E-state index contributed by atoms with van der Waals surface area (Å²) in [5.74, 6) is -1.67. The van der Waals surface area contributed by atoms with Crippen LogP contribution in [0, 0.1) is 11.3 Å². The highest BCUT2D eigenvalue weighted by atomic mass is 16.5. The molecule has 1 aromatic heterocycles. The zero-order valence-corrected chi connectivity index (χ0v) is 26.9. The van der Waals surface area contributed by atoms with Gasteiger partial charge < -0.3 is 10.1 Å². The number of nitrogens with one attached hydrogen (secondary N) is 3. The number of carbonyl (C=O) groups excluding carboxylic acids is 4. The maximum atomic E-state index is 14.0. The number of carbonyl (C=O) groups is 4. The van der Waals surface area contributed by atoms with Gasteiger partial charge in [0.2, 0.25) is 0 Å². The van der Waals surface area contributed by atoms with Crippen molar-refractivity contribution in [3.05, 3.63) is 77.9 Å². The smallest absolute Gasteiger partial charge is 0.316 e. The number of esters is 1. The Labute approximate surface area is 269 Å². The molecule has 2 aromatic carbocycles. The number of rotatable bonds is 3. The Bertz CT molecular complexity index is 1640. The summed E-state index contributed by atoms with van der Waals surface area (Å²) in [7, 11) is 1.71. The molecular formula is C35H42N6O5. The van der Waals surface area contributed by atoms with E-state index in [9.17, 15) is 19.2 Å². The van der Waals surface area contributed by atoms with Crippen LogP contribution in [0.5, 0.6) is 0 Å². The van der Waals surface area contributed by atoms with Gasteiger partial charge in [0.15, 0.2) is 6.10 Å². The fourth-order valence-corrected chi connectivity index (χ4v) is 5.68. The van der Waals surface area contributed by atoms with E-state index in [1.54, 1.807) is 39.8 Å². The normalized spacial score (nSPS) is 25.7. The third-order valence-corrected chi connectivity index (χ3v) is 8.44. The highest BCUT2D eigenvalue weighted by molar-refractivity contribution is 5.92. The number of nitrogens with zero attached hydrogens (tertiary/aromatic N) is 3. The molecule has 46 heavy (non-hydrogen) atoms. The first-order valence-electron chi connectivity index (χ1n) is 15.7. The molecule has 0 spiro atoms. The number of fused-ring (bicyclic) bond motifs is 4. The molecule has 3 aromatic rings. The molecule has 3 amide bonds. The molecular weight excluding hydrogens is 584 g/mol. The summed E-state index contributed by atoms with van der Waals surface area (Å²) in [4.78, 5) is 58.9. The monoisotopic (exact) mass is 626 g/mol. The van der Waals surface area contributed by atoms with Gasteiger partial charge >= 0.3 is 5.97 Å². The fraction of sp³-hybridized carbons (Fsp3) is 0.400. The molecule has 3 heterocycles. The minimum atomic E-state index is -1.13. The first-order valence-corrected chi connectivity index (χ1v) is 15.7. The van der Waals surface area contributed by atoms with Crippen LogP contribution in [0.3, 0.4) is 0 Å². The summed E-state index contributed by atoms with van der Waals surface area (Å²) in [5.41, 5.74) is 7.21. The second-order valence-electron chi connectivity index (χ2n) is 12.7. The molecule has 0 aliphatic carbocycles. The lowest BCUT2D eigenvalue weighted by Crippen LogP contribution is -2.62. The van der Waals surface area contributed by atoms with Crippen LogP contribution < -0.4 is 21.2 Å². The zero-order chi connectivity index (χ0) is 33.0. The zero-order valence-electron chi connectivity index (χ0n) is 26.9. The largest absolute Gasteiger partial charge is 0.451 e. The molecule has 1 fully saturated rings. The van der Waals surface area contributed by atoms with Gasteiger partial charge in [-0.3, -0.25) is 34.6 Å². The van der Waals surface area contributed by atoms with Crippen molar-refractivity contribution < 1.29 is 23.9 Å². The van der Waals surface area contributed by atoms with E-state index in [1.807, 2.05) is 72.8 Å². The molecule has 3 N–H and O–H groups in total. The predicted molar refractivity (Wildman–Crippen MR) is 176 cm³/mol. The van der Waals surface area contributed by atoms with Gasteiger partial charge in [-0.2, -0.15) is 0 Å². The number of hydrazine groups is 2. The summed E-state index contributed by atoms with van der Waals surface area (Å²) >= 11 is 0. The maximum absolute atomic E-state index is 14.0. The summed E-state index contributed by atoms with van der Waals surface area (Å²) < 4.78 is 5.97. The molecule has 0 saturated carbocycles. The lowest BCUT2D eigenvalue weighted by Gasteiger charge is -2.35. The number of benzene rings is 2. The first kappa shape index (κ1) is 32.6. The van der Waals surface area contributed by atoms with Crippen molar-refractivity contribution in [1.82, 2.24) is 26.2 Å². The van der Waals surface area contributed by atoms with Gasteiger partial charge in [0.25, 0.3) is 17.7 Å². The van der Waals surface area contributed by atoms with Gasteiger partial charge in [-0.05, 0) is 68.4 Å². The van der Waals surface area contributed by atoms with Crippen LogP contribution in [0.4, 0.5) is 5.82 Å². The van der Waals surface area contributed by atoms with Crippen molar-refractivity contribution in [2.75, 3.05) is 18.6 Å². The number of pyridine rings is 1. The molecule has 5 bridgehead atoms. The summed E-state index contributed by atoms with van der Waals surface area (Å²) in [5, 5.41) is 6.57. The van der Waals surface area contributed by atoms with Crippen LogP contribution in [0.25, 0.3) is 17.0 Å². The SMILES string of the molecule is CC(C)[C@@H]1OC(=O)[C@@](C)(Cc2ccccc2)/C=C/c2ccc3ccc(nc3c2)N(C)NC(=O)[C@@H]2CCCN(N2)C(=O)[C@H](C)NC1=O. The van der Waals surface area contributed by atoms with Crippen LogP contribution in [0.2, 0.25) is 0 Å². The minimum Gasteiger partial charge on any atom is -0.451 e. The maximum Gasteiger partial charge on any atom is 0.316 e. The van der Waals surface area contributed by atoms with Crippen molar-refractivity contribution in [2.45, 2.75) is 65.1 Å². The van der Waals surface area contributed by atoms with E-state index in [2.05, 4.69) is 16.2 Å². The van der Waals surface area contributed by atoms with E-state index in [0.29, 0.717) is 37.1 Å². The topological polar surface area (TPSA) is 133 Å². The number of aromatic nitrogens is 1. The number of anilines is 1. The molecule has 2 aliphatic heterocycles. The highest BCUT2D eigenvalue weighted by Crippen LogP contribution is 2.30. The quantitative estimate of drug-likeness (QED) is 0.376. The molecule has 11 nitrogen and oxygen atoms in total. The summed E-state index contributed by atoms with van der Waals surface area (Å²) in [6.07, 6.45) is 4.00. The van der Waals surface area contributed by atoms with Gasteiger partial charge in [0.1, 0.15) is 17.9 Å². The molecule has 1 saturated heterocycles. The van der Waals surface area contributed by atoms with Crippen LogP contribution in [0.1, 0.15) is 51.7 Å². The van der Waals surface area contributed by atoms with Gasteiger partial charge in [0, 0.05) is 19.0 Å². The Morgan fingerprint density at radius 3 is 2.50 bits per heavy atom. The van der Waals surface area contributed by atoms with Crippen molar-refractivity contribution >= 4 is 46.5 Å². The van der Waals surface area contributed by atoms with E-state index in [1.165, 1.54) is 5.01 Å². The molecule has 2 aliphatic rings. The Kier molecular flexibility index (Phi) is 9.71. The van der Waals surface area contributed by atoms with Gasteiger partial charge in [0.05, 0.1) is 10.9 Å². The third-order valence-electron chi connectivity index (χ3n) is 8.44. The average Bonchev–Trinajstić information content (AvgIpc) is 3.05. The van der Waals surface area contributed by atoms with E-state index < -0.39 is 41.4 Å². The van der Waals surface area contributed by atoms with Crippen LogP contribution in [-0.4, -0.2) is 65.5 Å². The first-order chi connectivity index (χ1) is 21.9. The summed E-state index contributed by atoms with van der Waals surface area (Å²) in [6.45, 7) is 7.33. The van der Waals surface area contributed by atoms with Crippen LogP contribution in [-0.2, 0) is 30.3 Å². The Morgan fingerprint density at radius 1 is 1.02 bits per heavy atom. The van der Waals surface area contributed by atoms with Crippen LogP contribution in [0.15, 0.2) is 66.7 Å². The average molecular weight is 627 g/mol. The van der Waals surface area contributed by atoms with E-state index in [0.717, 1.165) is 16.5 Å². The van der Waals surface area contributed by atoms with E-state index >= 15 is 0 Å². The highest BCUT2D eigenvalue weighted by Gasteiger charge is 2.38. The lowest BCUT2D eigenvalue weighted by atomic mass is 9.82.